The molecule has 128 valence electrons. The van der Waals surface area contributed by atoms with E-state index in [4.69, 9.17) is 10.2 Å². The van der Waals surface area contributed by atoms with Crippen LogP contribution in [0.25, 0.3) is 0 Å². The molecular formula is C16H23N6O2+. The van der Waals surface area contributed by atoms with Gasteiger partial charge in [-0.2, -0.15) is 0 Å². The van der Waals surface area contributed by atoms with E-state index in [1.54, 1.807) is 21.3 Å². The normalized spacial score (nSPS) is 12.0. The van der Waals surface area contributed by atoms with Crippen molar-refractivity contribution in [1.29, 1.82) is 0 Å². The molecule has 0 bridgehead atoms. The van der Waals surface area contributed by atoms with Gasteiger partial charge in [-0.3, -0.25) is 0 Å². The highest BCUT2D eigenvalue weighted by molar-refractivity contribution is 5.54. The van der Waals surface area contributed by atoms with Crippen LogP contribution in [0, 0.1) is 0 Å². The van der Waals surface area contributed by atoms with Crippen molar-refractivity contribution in [1.82, 2.24) is 4.57 Å². The molecule has 0 spiro atoms. The number of hydrogen-bond donors (Lipinski definition) is 2. The van der Waals surface area contributed by atoms with Crippen LogP contribution >= 0.6 is 0 Å². The van der Waals surface area contributed by atoms with Gasteiger partial charge < -0.3 is 14.8 Å². The minimum Gasteiger partial charge on any atom is -0.395 e. The molecule has 0 aliphatic carbocycles. The topological polar surface area (TPSA) is 98.7 Å². The number of nitrogens with zero attached hydrogens (tertiary/aromatic N) is 6. The Morgan fingerprint density at radius 3 is 2.71 bits per heavy atom. The van der Waals surface area contributed by atoms with Crippen LogP contribution in [0.1, 0.15) is 7.43 Å². The second kappa shape index (κ2) is 10.9. The summed E-state index contributed by atoms with van der Waals surface area (Å²) in [6.07, 6.45) is 4.87. The Morgan fingerprint density at radius 2 is 1.92 bits per heavy atom. The first-order valence-electron chi connectivity index (χ1n) is 7.17. The highest BCUT2D eigenvalue weighted by Gasteiger charge is 2.06. The van der Waals surface area contributed by atoms with Crippen molar-refractivity contribution in [3.63, 3.8) is 0 Å². The maximum Gasteiger partial charge on any atom is 0.350 e. The van der Waals surface area contributed by atoms with Crippen LogP contribution in [0.3, 0.4) is 0 Å². The largest absolute Gasteiger partial charge is 0.395 e. The summed E-state index contributed by atoms with van der Waals surface area (Å²) in [6.45, 7) is 0.947. The van der Waals surface area contributed by atoms with E-state index in [-0.39, 0.29) is 20.6 Å². The van der Waals surface area contributed by atoms with Gasteiger partial charge in [0.25, 0.3) is 0 Å². The number of aromatic nitrogens is 2. The van der Waals surface area contributed by atoms with Crippen molar-refractivity contribution in [2.24, 2.45) is 20.4 Å². The summed E-state index contributed by atoms with van der Waals surface area (Å²) in [5, 5.41) is 33.8. The maximum absolute atomic E-state index is 8.99. The molecule has 0 aliphatic rings. The number of rotatable bonds is 7. The third-order valence-corrected chi connectivity index (χ3v) is 2.94. The van der Waals surface area contributed by atoms with E-state index in [1.165, 1.54) is 6.34 Å². The number of pyridine rings is 2. The Hall–Kier alpha value is -2.71. The van der Waals surface area contributed by atoms with Crippen molar-refractivity contribution < 1.29 is 14.8 Å². The summed E-state index contributed by atoms with van der Waals surface area (Å²) in [5.74, 6) is 0.614. The zero-order chi connectivity index (χ0) is 16.3. The fourth-order valence-electron chi connectivity index (χ4n) is 1.90. The van der Waals surface area contributed by atoms with Crippen molar-refractivity contribution in [2.75, 3.05) is 13.2 Å². The Bertz CT molecular complexity index is 739. The summed E-state index contributed by atoms with van der Waals surface area (Å²) in [6, 6.07) is 11.0. The maximum atomic E-state index is 8.99. The zero-order valence-corrected chi connectivity index (χ0v) is 12.6. The minimum atomic E-state index is 0. The van der Waals surface area contributed by atoms with Crippen LogP contribution in [-0.2, 0) is 13.1 Å². The second-order valence-electron chi connectivity index (χ2n) is 4.50. The molecule has 0 atom stereocenters. The van der Waals surface area contributed by atoms with Crippen LogP contribution in [0.4, 0.5) is 5.82 Å². The summed E-state index contributed by atoms with van der Waals surface area (Å²) < 4.78 is 3.56. The lowest BCUT2D eigenvalue weighted by molar-refractivity contribution is -0.685. The Kier molecular flexibility index (Phi) is 8.80. The van der Waals surface area contributed by atoms with E-state index >= 15 is 0 Å². The van der Waals surface area contributed by atoms with Gasteiger partial charge >= 0.3 is 5.82 Å². The molecule has 24 heavy (non-hydrogen) atoms. The molecule has 0 aromatic carbocycles. The van der Waals surface area contributed by atoms with Crippen molar-refractivity contribution in [2.45, 2.75) is 20.5 Å². The molecule has 0 saturated heterocycles. The molecule has 2 heterocycles. The molecule has 2 rings (SSSR count). The van der Waals surface area contributed by atoms with Gasteiger partial charge in [-0.1, -0.05) is 19.6 Å². The first kappa shape index (κ1) is 19.3. The summed E-state index contributed by atoms with van der Waals surface area (Å²) in [5.41, 5.74) is 0.614. The van der Waals surface area contributed by atoms with E-state index < -0.39 is 0 Å². The molecule has 0 amide bonds. The van der Waals surface area contributed by atoms with Crippen LogP contribution < -0.4 is 10.1 Å². The van der Waals surface area contributed by atoms with Crippen LogP contribution in [-0.4, -0.2) is 34.3 Å². The van der Waals surface area contributed by atoms with Gasteiger partial charge in [-0.25, -0.2) is 4.57 Å². The van der Waals surface area contributed by atoms with Crippen LogP contribution in [0.15, 0.2) is 69.2 Å². The van der Waals surface area contributed by atoms with Gasteiger partial charge in [0.1, 0.15) is 6.54 Å². The number of azo groups is 1. The molecule has 2 aromatic heterocycles. The SMILES string of the molecule is C.OCCn1ccccc1=NN=CN=Nc1cccc[n+]1CCO. The van der Waals surface area contributed by atoms with E-state index in [2.05, 4.69) is 20.4 Å². The lowest BCUT2D eigenvalue weighted by Gasteiger charge is -2.02. The predicted molar refractivity (Wildman–Crippen MR) is 90.5 cm³/mol. The summed E-state index contributed by atoms with van der Waals surface area (Å²) in [7, 11) is 0. The molecule has 2 aromatic rings. The van der Waals surface area contributed by atoms with Crippen LogP contribution in [0.2, 0.25) is 0 Å². The van der Waals surface area contributed by atoms with E-state index in [0.717, 1.165) is 0 Å². The lowest BCUT2D eigenvalue weighted by Crippen LogP contribution is -2.35. The fourth-order valence-corrected chi connectivity index (χ4v) is 1.90. The minimum absolute atomic E-state index is 0. The van der Waals surface area contributed by atoms with E-state index in [1.807, 2.05) is 36.7 Å². The molecule has 0 unspecified atom stereocenters. The highest BCUT2D eigenvalue weighted by Crippen LogP contribution is 2.03. The van der Waals surface area contributed by atoms with Gasteiger partial charge in [0.2, 0.25) is 0 Å². The molecule has 8 heteroatoms. The molecule has 0 saturated carbocycles. The number of aliphatic hydroxyl groups is 2. The van der Waals surface area contributed by atoms with Gasteiger partial charge in [0.15, 0.2) is 11.8 Å². The van der Waals surface area contributed by atoms with E-state index in [0.29, 0.717) is 24.4 Å². The Labute approximate surface area is 140 Å². The molecule has 2 N–H and O–H groups in total. The predicted octanol–water partition coefficient (Wildman–Crippen LogP) is 1.02. The average molecular weight is 331 g/mol. The second-order valence-corrected chi connectivity index (χ2v) is 4.50. The van der Waals surface area contributed by atoms with Crippen molar-refractivity contribution >= 4 is 12.2 Å². The first-order chi connectivity index (χ1) is 11.3. The molecule has 0 radical (unpaired) electrons. The Morgan fingerprint density at radius 1 is 1.08 bits per heavy atom. The molecule has 0 fully saturated rings. The molecular weight excluding hydrogens is 308 g/mol. The summed E-state index contributed by atoms with van der Waals surface area (Å²) in [4.78, 5) is 0. The van der Waals surface area contributed by atoms with E-state index in [9.17, 15) is 0 Å². The monoisotopic (exact) mass is 331 g/mol. The standard InChI is InChI=1S/C15H19N6O2.CH4/c22-11-9-20-7-3-1-5-14(20)18-16-13-17-19-15-6-2-4-8-21(15)10-12-23;/h1-8,13,22-23H,9-12H2;1H4/q+1;. The lowest BCUT2D eigenvalue weighted by atomic mass is 10.4. The fraction of sp³-hybridized carbons (Fsp3) is 0.312. The third kappa shape index (κ3) is 5.82. The highest BCUT2D eigenvalue weighted by atomic mass is 16.3. The number of hydrogen-bond acceptors (Lipinski definition) is 5. The van der Waals surface area contributed by atoms with Gasteiger partial charge in [0.05, 0.1) is 24.5 Å². The van der Waals surface area contributed by atoms with Crippen molar-refractivity contribution in [3.05, 3.63) is 54.3 Å². The quantitative estimate of drug-likeness (QED) is 0.260. The first-order valence-corrected chi connectivity index (χ1v) is 7.17. The van der Waals surface area contributed by atoms with Gasteiger partial charge in [0, 0.05) is 18.8 Å². The summed E-state index contributed by atoms with van der Waals surface area (Å²) >= 11 is 0. The molecule has 8 nitrogen and oxygen atoms in total. The number of aliphatic hydroxyl groups excluding tert-OH is 2. The zero-order valence-electron chi connectivity index (χ0n) is 12.6. The average Bonchev–Trinajstić information content (AvgIpc) is 2.58. The Balaban J connectivity index is 0.00000288. The van der Waals surface area contributed by atoms with Gasteiger partial charge in [-0.15, -0.1) is 10.2 Å². The molecule has 0 aliphatic heterocycles. The van der Waals surface area contributed by atoms with Gasteiger partial charge in [-0.05, 0) is 23.3 Å². The smallest absolute Gasteiger partial charge is 0.350 e. The van der Waals surface area contributed by atoms with Crippen molar-refractivity contribution in [3.8, 4) is 0 Å². The third-order valence-electron chi connectivity index (χ3n) is 2.94. The van der Waals surface area contributed by atoms with Crippen LogP contribution in [0.5, 0.6) is 0 Å².